The average molecular weight is 314 g/mol. The number of hydrogen-bond acceptors (Lipinski definition) is 4. The predicted molar refractivity (Wildman–Crippen MR) is 78.6 cm³/mol. The smallest absolute Gasteiger partial charge is 0.406 e. The predicted octanol–water partition coefficient (Wildman–Crippen LogP) is 4.75. The lowest BCUT2D eigenvalue weighted by atomic mass is 10.3. The van der Waals surface area contributed by atoms with E-state index in [-0.39, 0.29) is 5.75 Å². The Balaban J connectivity index is 1.91. The third-order valence-corrected chi connectivity index (χ3v) is 3.36. The molecule has 0 radical (unpaired) electrons. The molecule has 0 aromatic heterocycles. The number of rotatable bonds is 5. The molecule has 112 valence electrons. The van der Waals surface area contributed by atoms with Gasteiger partial charge < -0.3 is 14.8 Å². The van der Waals surface area contributed by atoms with Crippen LogP contribution < -0.4 is 14.8 Å². The molecule has 0 atom stereocenters. The first kappa shape index (κ1) is 15.4. The van der Waals surface area contributed by atoms with Crippen LogP contribution in [0.25, 0.3) is 0 Å². The third-order valence-electron chi connectivity index (χ3n) is 2.52. The summed E-state index contributed by atoms with van der Waals surface area (Å²) < 4.78 is 43.0. The van der Waals surface area contributed by atoms with Gasteiger partial charge in [0.25, 0.3) is 0 Å². The summed E-state index contributed by atoms with van der Waals surface area (Å²) in [6.45, 7) is 0. The van der Waals surface area contributed by atoms with Crippen LogP contribution in [0.4, 0.5) is 24.5 Å². The van der Waals surface area contributed by atoms with Gasteiger partial charge in [-0.2, -0.15) is 0 Å². The van der Waals surface area contributed by atoms with E-state index in [4.69, 9.17) is 0 Å². The zero-order chi connectivity index (χ0) is 15.3. The van der Waals surface area contributed by atoms with Crippen LogP contribution in [0.15, 0.2) is 53.4 Å². The molecule has 0 saturated carbocycles. The van der Waals surface area contributed by atoms with Gasteiger partial charge in [0.1, 0.15) is 5.75 Å². The maximum Gasteiger partial charge on any atom is 0.573 e. The van der Waals surface area contributed by atoms with Crippen LogP contribution in [0.2, 0.25) is 0 Å². The Hall–Kier alpha value is -2.02. The molecule has 0 saturated heterocycles. The summed E-state index contributed by atoms with van der Waals surface area (Å²) in [4.78, 5) is 0.780. The quantitative estimate of drug-likeness (QED) is 0.781. The zero-order valence-electron chi connectivity index (χ0n) is 11.1. The van der Waals surface area contributed by atoms with Crippen molar-refractivity contribution in [3.63, 3.8) is 0 Å². The lowest BCUT2D eigenvalue weighted by Gasteiger charge is -2.10. The fourth-order valence-corrected chi connectivity index (χ4v) is 2.18. The number of hydrogen-bond donors (Lipinski definition) is 2. The molecule has 0 heterocycles. The van der Waals surface area contributed by atoms with E-state index in [1.54, 1.807) is 12.1 Å². The molecular weight excluding hydrogens is 301 g/mol. The highest BCUT2D eigenvalue weighted by atomic mass is 32.2. The van der Waals surface area contributed by atoms with E-state index in [1.807, 2.05) is 31.3 Å². The van der Waals surface area contributed by atoms with Gasteiger partial charge >= 0.3 is 6.36 Å². The molecule has 0 fully saturated rings. The van der Waals surface area contributed by atoms with Crippen LogP contribution in [-0.2, 0) is 0 Å². The van der Waals surface area contributed by atoms with Gasteiger partial charge in [-0.05, 0) is 60.5 Å². The maximum absolute atomic E-state index is 12.0. The minimum atomic E-state index is -4.66. The number of halogens is 3. The highest BCUT2D eigenvalue weighted by molar-refractivity contribution is 8.00. The molecule has 2 aromatic rings. The van der Waals surface area contributed by atoms with Gasteiger partial charge in [0.2, 0.25) is 0 Å². The van der Waals surface area contributed by atoms with E-state index in [1.165, 1.54) is 24.1 Å². The van der Waals surface area contributed by atoms with Crippen molar-refractivity contribution in [3.05, 3.63) is 48.5 Å². The highest BCUT2D eigenvalue weighted by Crippen LogP contribution is 2.27. The van der Waals surface area contributed by atoms with Gasteiger partial charge in [0, 0.05) is 23.3 Å². The summed E-state index contributed by atoms with van der Waals surface area (Å²) in [6.07, 6.45) is -4.66. The minimum Gasteiger partial charge on any atom is -0.406 e. The van der Waals surface area contributed by atoms with Gasteiger partial charge in [0.05, 0.1) is 0 Å². The Labute approximate surface area is 124 Å². The van der Waals surface area contributed by atoms with E-state index < -0.39 is 6.36 Å². The standard InChI is InChI=1S/C14H13F3N2OS/c1-18-10-2-4-11(5-3-10)19-21-13-8-6-12(7-9-13)20-14(15,16)17/h2-9,18-19H,1H3. The van der Waals surface area contributed by atoms with Crippen LogP contribution in [0.5, 0.6) is 5.75 Å². The Morgan fingerprint density at radius 3 is 2.00 bits per heavy atom. The Morgan fingerprint density at radius 2 is 1.48 bits per heavy atom. The third kappa shape index (κ3) is 5.11. The van der Waals surface area contributed by atoms with Crippen molar-refractivity contribution < 1.29 is 17.9 Å². The van der Waals surface area contributed by atoms with Gasteiger partial charge in [-0.15, -0.1) is 13.2 Å². The highest BCUT2D eigenvalue weighted by Gasteiger charge is 2.30. The first-order valence-electron chi connectivity index (χ1n) is 6.03. The maximum atomic E-state index is 12.0. The largest absolute Gasteiger partial charge is 0.573 e. The van der Waals surface area contributed by atoms with Crippen molar-refractivity contribution in [2.75, 3.05) is 17.1 Å². The van der Waals surface area contributed by atoms with Crippen LogP contribution in [0, 0.1) is 0 Å². The van der Waals surface area contributed by atoms with Crippen molar-refractivity contribution in [3.8, 4) is 5.75 Å². The van der Waals surface area contributed by atoms with Gasteiger partial charge in [-0.25, -0.2) is 0 Å². The van der Waals surface area contributed by atoms with E-state index in [0.29, 0.717) is 0 Å². The summed E-state index contributed by atoms with van der Waals surface area (Å²) in [5.41, 5.74) is 1.90. The summed E-state index contributed by atoms with van der Waals surface area (Å²) in [5.74, 6) is -0.231. The fourth-order valence-electron chi connectivity index (χ4n) is 1.53. The van der Waals surface area contributed by atoms with Crippen LogP contribution in [0.1, 0.15) is 0 Å². The Bertz CT molecular complexity index is 570. The summed E-state index contributed by atoms with van der Waals surface area (Å²) in [5, 5.41) is 3.01. The SMILES string of the molecule is CNc1ccc(NSc2ccc(OC(F)(F)F)cc2)cc1. The normalized spacial score (nSPS) is 11.0. The van der Waals surface area contributed by atoms with Crippen molar-refractivity contribution in [1.29, 1.82) is 0 Å². The van der Waals surface area contributed by atoms with Crippen LogP contribution >= 0.6 is 11.9 Å². The number of nitrogens with one attached hydrogen (secondary N) is 2. The number of alkyl halides is 3. The number of ether oxygens (including phenoxy) is 1. The van der Waals surface area contributed by atoms with Crippen LogP contribution in [-0.4, -0.2) is 13.4 Å². The molecule has 2 aromatic carbocycles. The van der Waals surface area contributed by atoms with Crippen molar-refractivity contribution >= 4 is 23.3 Å². The van der Waals surface area contributed by atoms with Crippen molar-refractivity contribution in [2.24, 2.45) is 0 Å². The van der Waals surface area contributed by atoms with Crippen molar-refractivity contribution in [2.45, 2.75) is 11.3 Å². The first-order valence-corrected chi connectivity index (χ1v) is 6.84. The van der Waals surface area contributed by atoms with Gasteiger partial charge in [-0.1, -0.05) is 0 Å². The molecule has 0 aliphatic rings. The molecule has 2 N–H and O–H groups in total. The summed E-state index contributed by atoms with van der Waals surface area (Å²) >= 11 is 1.31. The van der Waals surface area contributed by atoms with E-state index in [0.717, 1.165) is 16.3 Å². The summed E-state index contributed by atoms with van der Waals surface area (Å²) in [6, 6.07) is 13.3. The molecule has 21 heavy (non-hydrogen) atoms. The molecule has 3 nitrogen and oxygen atoms in total. The molecule has 7 heteroatoms. The summed E-state index contributed by atoms with van der Waals surface area (Å²) in [7, 11) is 1.84. The lowest BCUT2D eigenvalue weighted by Crippen LogP contribution is -2.16. The number of anilines is 2. The molecule has 0 spiro atoms. The molecule has 0 unspecified atom stereocenters. The average Bonchev–Trinajstić information content (AvgIpc) is 2.45. The Kier molecular flexibility index (Phi) is 4.85. The molecule has 0 aliphatic heterocycles. The minimum absolute atomic E-state index is 0.231. The van der Waals surface area contributed by atoms with Crippen LogP contribution in [0.3, 0.4) is 0 Å². The van der Waals surface area contributed by atoms with E-state index in [9.17, 15) is 13.2 Å². The molecular formula is C14H13F3N2OS. The fraction of sp³-hybridized carbons (Fsp3) is 0.143. The molecule has 0 aliphatic carbocycles. The van der Waals surface area contributed by atoms with Crippen molar-refractivity contribution in [1.82, 2.24) is 0 Å². The van der Waals surface area contributed by atoms with Gasteiger partial charge in [0.15, 0.2) is 0 Å². The Morgan fingerprint density at radius 1 is 0.905 bits per heavy atom. The monoisotopic (exact) mass is 314 g/mol. The van der Waals surface area contributed by atoms with Gasteiger partial charge in [-0.3, -0.25) is 0 Å². The molecule has 0 amide bonds. The second kappa shape index (κ2) is 6.62. The second-order valence-corrected chi connectivity index (χ2v) is 4.93. The molecule has 0 bridgehead atoms. The molecule has 2 rings (SSSR count). The van der Waals surface area contributed by atoms with E-state index in [2.05, 4.69) is 14.8 Å². The topological polar surface area (TPSA) is 33.3 Å². The number of benzene rings is 2. The first-order chi connectivity index (χ1) is 9.96. The zero-order valence-corrected chi connectivity index (χ0v) is 11.9. The lowest BCUT2D eigenvalue weighted by molar-refractivity contribution is -0.274. The van der Waals surface area contributed by atoms with E-state index >= 15 is 0 Å². The second-order valence-electron chi connectivity index (χ2n) is 4.05.